The average Bonchev–Trinajstić information content (AvgIpc) is 2.90. The van der Waals surface area contributed by atoms with Crippen LogP contribution in [-0.2, 0) is 0 Å². The quantitative estimate of drug-likeness (QED) is 0.666. The number of nitrogens with zero attached hydrogens (tertiary/aromatic N) is 3. The third kappa shape index (κ3) is 1.95. The summed E-state index contributed by atoms with van der Waals surface area (Å²) in [6.45, 7) is 0. The Balaban J connectivity index is 1.99. The standard InChI is InChI=1S/C14H11N3/c1-2-4-12(5-3-1)14-10-17(11-16-14)13-6-8-15-9-7-13/h1-11H. The summed E-state index contributed by atoms with van der Waals surface area (Å²) < 4.78 is 1.99. The van der Waals surface area contributed by atoms with Crippen molar-refractivity contribution in [3.63, 3.8) is 0 Å². The highest BCUT2D eigenvalue weighted by molar-refractivity contribution is 5.58. The molecule has 0 saturated carbocycles. The zero-order chi connectivity index (χ0) is 11.5. The molecule has 2 aromatic heterocycles. The van der Waals surface area contributed by atoms with E-state index in [0.717, 1.165) is 16.9 Å². The molecular formula is C14H11N3. The predicted molar refractivity (Wildman–Crippen MR) is 66.8 cm³/mol. The highest BCUT2D eigenvalue weighted by atomic mass is 15.0. The molecule has 0 spiro atoms. The number of pyridine rings is 1. The lowest BCUT2D eigenvalue weighted by Crippen LogP contribution is -1.88. The van der Waals surface area contributed by atoms with E-state index in [1.165, 1.54) is 0 Å². The monoisotopic (exact) mass is 221 g/mol. The molecular weight excluding hydrogens is 210 g/mol. The molecule has 0 bridgehead atoms. The van der Waals surface area contributed by atoms with Gasteiger partial charge in [-0.1, -0.05) is 30.3 Å². The molecule has 0 atom stereocenters. The first-order valence-electron chi connectivity index (χ1n) is 5.43. The van der Waals surface area contributed by atoms with Gasteiger partial charge in [0, 0.05) is 29.8 Å². The molecule has 2 heterocycles. The minimum atomic E-state index is 0.974. The van der Waals surface area contributed by atoms with Crippen LogP contribution in [0.5, 0.6) is 0 Å². The predicted octanol–water partition coefficient (Wildman–Crippen LogP) is 2.93. The van der Waals surface area contributed by atoms with Crippen molar-refractivity contribution in [3.05, 3.63) is 67.4 Å². The van der Waals surface area contributed by atoms with Gasteiger partial charge in [0.1, 0.15) is 0 Å². The van der Waals surface area contributed by atoms with Crippen molar-refractivity contribution in [2.24, 2.45) is 0 Å². The van der Waals surface area contributed by atoms with Crippen molar-refractivity contribution in [2.75, 3.05) is 0 Å². The molecule has 0 aliphatic carbocycles. The SMILES string of the molecule is c1ccc(-c2cn(-c3ccncc3)cn2)cc1. The Labute approximate surface area is 99.4 Å². The molecule has 0 radical (unpaired) electrons. The normalized spacial score (nSPS) is 10.4. The molecule has 0 aliphatic rings. The van der Waals surface area contributed by atoms with E-state index in [9.17, 15) is 0 Å². The Morgan fingerprint density at radius 2 is 1.65 bits per heavy atom. The van der Waals surface area contributed by atoms with Crippen LogP contribution < -0.4 is 0 Å². The zero-order valence-corrected chi connectivity index (χ0v) is 9.19. The van der Waals surface area contributed by atoms with E-state index in [2.05, 4.69) is 22.1 Å². The fourth-order valence-electron chi connectivity index (χ4n) is 1.74. The summed E-state index contributed by atoms with van der Waals surface area (Å²) in [5.74, 6) is 0. The van der Waals surface area contributed by atoms with E-state index in [0.29, 0.717) is 0 Å². The van der Waals surface area contributed by atoms with E-state index in [1.54, 1.807) is 12.4 Å². The molecule has 0 saturated heterocycles. The summed E-state index contributed by atoms with van der Waals surface area (Å²) in [5, 5.41) is 0. The second-order valence-electron chi connectivity index (χ2n) is 3.74. The van der Waals surface area contributed by atoms with Gasteiger partial charge in [-0.05, 0) is 12.1 Å². The number of imidazole rings is 1. The topological polar surface area (TPSA) is 30.7 Å². The number of hydrogen-bond donors (Lipinski definition) is 0. The van der Waals surface area contributed by atoms with Crippen molar-refractivity contribution in [3.8, 4) is 16.9 Å². The molecule has 1 aromatic carbocycles. The Morgan fingerprint density at radius 3 is 2.41 bits per heavy atom. The van der Waals surface area contributed by atoms with Gasteiger partial charge in [-0.3, -0.25) is 4.98 Å². The lowest BCUT2D eigenvalue weighted by Gasteiger charge is -1.99. The highest BCUT2D eigenvalue weighted by Crippen LogP contribution is 2.17. The Hall–Kier alpha value is -2.42. The van der Waals surface area contributed by atoms with E-state index in [4.69, 9.17) is 0 Å². The summed E-state index contributed by atoms with van der Waals surface area (Å²) in [5.41, 5.74) is 3.16. The molecule has 0 aliphatic heterocycles. The van der Waals surface area contributed by atoms with Crippen molar-refractivity contribution in [1.29, 1.82) is 0 Å². The fourth-order valence-corrected chi connectivity index (χ4v) is 1.74. The minimum absolute atomic E-state index is 0.974. The van der Waals surface area contributed by atoms with E-state index >= 15 is 0 Å². The third-order valence-corrected chi connectivity index (χ3v) is 2.61. The van der Waals surface area contributed by atoms with E-state index < -0.39 is 0 Å². The molecule has 82 valence electrons. The molecule has 17 heavy (non-hydrogen) atoms. The van der Waals surface area contributed by atoms with Crippen LogP contribution in [0.2, 0.25) is 0 Å². The second kappa shape index (κ2) is 4.22. The largest absolute Gasteiger partial charge is 0.306 e. The van der Waals surface area contributed by atoms with E-state index in [-0.39, 0.29) is 0 Å². The van der Waals surface area contributed by atoms with Gasteiger partial charge in [0.2, 0.25) is 0 Å². The summed E-state index contributed by atoms with van der Waals surface area (Å²) in [7, 11) is 0. The van der Waals surface area contributed by atoms with Crippen LogP contribution in [0.3, 0.4) is 0 Å². The average molecular weight is 221 g/mol. The van der Waals surface area contributed by atoms with Gasteiger partial charge < -0.3 is 4.57 Å². The molecule has 0 fully saturated rings. The summed E-state index contributed by atoms with van der Waals surface area (Å²) in [6.07, 6.45) is 7.39. The number of rotatable bonds is 2. The molecule has 3 heteroatoms. The number of benzene rings is 1. The first-order valence-corrected chi connectivity index (χ1v) is 5.43. The lowest BCUT2D eigenvalue weighted by molar-refractivity contribution is 1.05. The van der Waals surface area contributed by atoms with Crippen LogP contribution in [0, 0.1) is 0 Å². The van der Waals surface area contributed by atoms with E-state index in [1.807, 2.05) is 47.4 Å². The van der Waals surface area contributed by atoms with Crippen LogP contribution in [-0.4, -0.2) is 14.5 Å². The van der Waals surface area contributed by atoms with Gasteiger partial charge >= 0.3 is 0 Å². The molecule has 3 nitrogen and oxygen atoms in total. The third-order valence-electron chi connectivity index (χ3n) is 2.61. The smallest absolute Gasteiger partial charge is 0.0999 e. The van der Waals surface area contributed by atoms with Crippen LogP contribution in [0.4, 0.5) is 0 Å². The maximum absolute atomic E-state index is 4.41. The molecule has 3 rings (SSSR count). The van der Waals surface area contributed by atoms with Gasteiger partial charge in [0.15, 0.2) is 0 Å². The minimum Gasteiger partial charge on any atom is -0.306 e. The van der Waals surface area contributed by atoms with Crippen molar-refractivity contribution >= 4 is 0 Å². The zero-order valence-electron chi connectivity index (χ0n) is 9.19. The first-order chi connectivity index (χ1) is 8.43. The van der Waals surface area contributed by atoms with Crippen molar-refractivity contribution in [2.45, 2.75) is 0 Å². The van der Waals surface area contributed by atoms with Crippen LogP contribution >= 0.6 is 0 Å². The summed E-state index contributed by atoms with van der Waals surface area (Å²) >= 11 is 0. The van der Waals surface area contributed by atoms with Gasteiger partial charge in [0.05, 0.1) is 12.0 Å². The maximum atomic E-state index is 4.41. The summed E-state index contributed by atoms with van der Waals surface area (Å²) in [6, 6.07) is 14.1. The van der Waals surface area contributed by atoms with Crippen molar-refractivity contribution < 1.29 is 0 Å². The van der Waals surface area contributed by atoms with Gasteiger partial charge in [-0.25, -0.2) is 4.98 Å². The molecule has 0 N–H and O–H groups in total. The Morgan fingerprint density at radius 1 is 0.882 bits per heavy atom. The first kappa shape index (κ1) is 9.78. The van der Waals surface area contributed by atoms with Crippen LogP contribution in [0.25, 0.3) is 16.9 Å². The number of aromatic nitrogens is 3. The number of hydrogen-bond acceptors (Lipinski definition) is 2. The van der Waals surface area contributed by atoms with Gasteiger partial charge in [-0.2, -0.15) is 0 Å². The maximum Gasteiger partial charge on any atom is 0.0999 e. The second-order valence-corrected chi connectivity index (χ2v) is 3.74. The van der Waals surface area contributed by atoms with Crippen molar-refractivity contribution in [1.82, 2.24) is 14.5 Å². The molecule has 0 unspecified atom stereocenters. The Bertz CT molecular complexity index is 546. The Kier molecular flexibility index (Phi) is 2.43. The highest BCUT2D eigenvalue weighted by Gasteiger charge is 2.02. The van der Waals surface area contributed by atoms with Gasteiger partial charge in [0.25, 0.3) is 0 Å². The van der Waals surface area contributed by atoms with Gasteiger partial charge in [-0.15, -0.1) is 0 Å². The fraction of sp³-hybridized carbons (Fsp3) is 0. The summed E-state index contributed by atoms with van der Waals surface area (Å²) in [4.78, 5) is 8.41. The molecule has 3 aromatic rings. The van der Waals surface area contributed by atoms with Crippen LogP contribution in [0.15, 0.2) is 67.4 Å². The molecule has 0 amide bonds. The van der Waals surface area contributed by atoms with Crippen LogP contribution in [0.1, 0.15) is 0 Å². The lowest BCUT2D eigenvalue weighted by atomic mass is 10.2.